The summed E-state index contributed by atoms with van der Waals surface area (Å²) in [5.74, 6) is 0.532. The number of nitrogens with one attached hydrogen (secondary N) is 2. The molecule has 112 valence electrons. The molecule has 2 N–H and O–H groups in total. The Kier molecular flexibility index (Phi) is 5.57. The van der Waals surface area contributed by atoms with Crippen LogP contribution in [0.2, 0.25) is 0 Å². The first-order valence-electron chi connectivity index (χ1n) is 7.41. The highest BCUT2D eigenvalue weighted by Crippen LogP contribution is 2.25. The summed E-state index contributed by atoms with van der Waals surface area (Å²) in [4.78, 5) is 0.365. The lowest BCUT2D eigenvalue weighted by atomic mass is 9.86. The third kappa shape index (κ3) is 4.30. The predicted octanol–water partition coefficient (Wildman–Crippen LogP) is 1.92. The lowest BCUT2D eigenvalue weighted by molar-refractivity contribution is 0.316. The fraction of sp³-hybridized carbons (Fsp3) is 0.600. The van der Waals surface area contributed by atoms with Crippen molar-refractivity contribution in [3.8, 4) is 0 Å². The molecule has 0 saturated heterocycles. The van der Waals surface area contributed by atoms with Gasteiger partial charge in [-0.25, -0.2) is 13.1 Å². The van der Waals surface area contributed by atoms with Crippen LogP contribution in [-0.2, 0) is 16.4 Å². The number of benzene rings is 1. The maximum atomic E-state index is 12.1. The van der Waals surface area contributed by atoms with Gasteiger partial charge in [-0.1, -0.05) is 25.5 Å². The van der Waals surface area contributed by atoms with E-state index in [4.69, 9.17) is 0 Å². The van der Waals surface area contributed by atoms with Crippen molar-refractivity contribution in [2.75, 3.05) is 19.6 Å². The summed E-state index contributed by atoms with van der Waals surface area (Å²) >= 11 is 0. The summed E-state index contributed by atoms with van der Waals surface area (Å²) in [5.41, 5.74) is 1.16. The summed E-state index contributed by atoms with van der Waals surface area (Å²) in [5, 5.41) is 3.26. The van der Waals surface area contributed by atoms with Gasteiger partial charge in [-0.15, -0.1) is 0 Å². The summed E-state index contributed by atoms with van der Waals surface area (Å²) in [7, 11) is -3.34. The molecule has 0 unspecified atom stereocenters. The molecule has 4 nitrogen and oxygen atoms in total. The number of rotatable bonds is 8. The van der Waals surface area contributed by atoms with E-state index in [1.165, 1.54) is 6.42 Å². The molecule has 1 fully saturated rings. The molecule has 0 bridgehead atoms. The Bertz CT molecular complexity index is 507. The number of likely N-dealkylation sites (N-methyl/N-ethyl adjacent to an activating group) is 1. The first-order valence-corrected chi connectivity index (χ1v) is 8.89. The van der Waals surface area contributed by atoms with Crippen LogP contribution in [0.25, 0.3) is 0 Å². The van der Waals surface area contributed by atoms with Crippen molar-refractivity contribution in [1.82, 2.24) is 10.0 Å². The van der Waals surface area contributed by atoms with Crippen LogP contribution in [0.4, 0.5) is 0 Å². The normalized spacial score (nSPS) is 16.1. The summed E-state index contributed by atoms with van der Waals surface area (Å²) in [6.45, 7) is 4.52. The van der Waals surface area contributed by atoms with Crippen molar-refractivity contribution >= 4 is 10.0 Å². The van der Waals surface area contributed by atoms with Gasteiger partial charge in [0.1, 0.15) is 0 Å². The van der Waals surface area contributed by atoms with Gasteiger partial charge in [-0.2, -0.15) is 0 Å². The number of sulfonamides is 1. The van der Waals surface area contributed by atoms with E-state index in [2.05, 4.69) is 17.0 Å². The van der Waals surface area contributed by atoms with Gasteiger partial charge >= 0.3 is 0 Å². The Balaban J connectivity index is 1.89. The largest absolute Gasteiger partial charge is 0.317 e. The van der Waals surface area contributed by atoms with E-state index in [0.29, 0.717) is 17.4 Å². The first-order chi connectivity index (χ1) is 9.62. The molecule has 1 aliphatic rings. The van der Waals surface area contributed by atoms with Gasteiger partial charge in [0.15, 0.2) is 0 Å². The SMILES string of the molecule is CCNCCc1ccc(S(=O)(=O)NCC2CCC2)cc1. The van der Waals surface area contributed by atoms with Crippen molar-refractivity contribution in [3.63, 3.8) is 0 Å². The van der Waals surface area contributed by atoms with E-state index in [-0.39, 0.29) is 0 Å². The van der Waals surface area contributed by atoms with Gasteiger partial charge in [-0.05, 0) is 56.0 Å². The van der Waals surface area contributed by atoms with Gasteiger partial charge in [0, 0.05) is 6.54 Å². The number of hydrogen-bond donors (Lipinski definition) is 2. The standard InChI is InChI=1S/C15H24N2O2S/c1-2-16-11-10-13-6-8-15(9-7-13)20(18,19)17-12-14-4-3-5-14/h6-9,14,16-17H,2-5,10-12H2,1H3. The van der Waals surface area contributed by atoms with Crippen molar-refractivity contribution < 1.29 is 8.42 Å². The van der Waals surface area contributed by atoms with Crippen LogP contribution in [0.5, 0.6) is 0 Å². The maximum Gasteiger partial charge on any atom is 0.240 e. The quantitative estimate of drug-likeness (QED) is 0.721. The smallest absolute Gasteiger partial charge is 0.240 e. The molecular formula is C15H24N2O2S. The van der Waals surface area contributed by atoms with Crippen LogP contribution in [0.3, 0.4) is 0 Å². The molecule has 20 heavy (non-hydrogen) atoms. The van der Waals surface area contributed by atoms with E-state index in [1.807, 2.05) is 12.1 Å². The zero-order chi connectivity index (χ0) is 14.4. The van der Waals surface area contributed by atoms with E-state index in [9.17, 15) is 8.42 Å². The summed E-state index contributed by atoms with van der Waals surface area (Å²) in [6.07, 6.45) is 4.44. The lowest BCUT2D eigenvalue weighted by Crippen LogP contribution is -2.32. The minimum Gasteiger partial charge on any atom is -0.317 e. The van der Waals surface area contributed by atoms with Crippen molar-refractivity contribution in [3.05, 3.63) is 29.8 Å². The Morgan fingerprint density at radius 3 is 2.45 bits per heavy atom. The molecule has 1 aromatic rings. The van der Waals surface area contributed by atoms with Gasteiger partial charge < -0.3 is 5.32 Å². The molecule has 0 atom stereocenters. The monoisotopic (exact) mass is 296 g/mol. The van der Waals surface area contributed by atoms with Crippen LogP contribution < -0.4 is 10.0 Å². The Morgan fingerprint density at radius 1 is 1.20 bits per heavy atom. The van der Waals surface area contributed by atoms with Gasteiger partial charge in [0.05, 0.1) is 4.90 Å². The van der Waals surface area contributed by atoms with E-state index in [0.717, 1.165) is 37.9 Å². The third-order valence-electron chi connectivity index (χ3n) is 3.86. The van der Waals surface area contributed by atoms with Crippen molar-refractivity contribution in [2.45, 2.75) is 37.5 Å². The lowest BCUT2D eigenvalue weighted by Gasteiger charge is -2.25. The highest BCUT2D eigenvalue weighted by atomic mass is 32.2. The average Bonchev–Trinajstić information content (AvgIpc) is 2.38. The van der Waals surface area contributed by atoms with E-state index < -0.39 is 10.0 Å². The van der Waals surface area contributed by atoms with Gasteiger partial charge in [-0.3, -0.25) is 0 Å². The minimum absolute atomic E-state index is 0.365. The van der Waals surface area contributed by atoms with Crippen LogP contribution >= 0.6 is 0 Å². The number of hydrogen-bond acceptors (Lipinski definition) is 3. The average molecular weight is 296 g/mol. The zero-order valence-corrected chi connectivity index (χ0v) is 12.9. The first kappa shape index (κ1) is 15.5. The second-order valence-corrected chi connectivity index (χ2v) is 7.16. The Labute approximate surface area is 122 Å². The minimum atomic E-state index is -3.34. The maximum absolute atomic E-state index is 12.1. The molecule has 2 rings (SSSR count). The molecule has 0 radical (unpaired) electrons. The molecule has 0 heterocycles. The van der Waals surface area contributed by atoms with Crippen LogP contribution in [0.15, 0.2) is 29.2 Å². The fourth-order valence-corrected chi connectivity index (χ4v) is 3.37. The molecule has 1 aliphatic carbocycles. The van der Waals surface area contributed by atoms with E-state index >= 15 is 0 Å². The summed E-state index contributed by atoms with van der Waals surface area (Å²) in [6, 6.07) is 7.19. The zero-order valence-electron chi connectivity index (χ0n) is 12.1. The fourth-order valence-electron chi connectivity index (χ4n) is 2.25. The second kappa shape index (κ2) is 7.20. The topological polar surface area (TPSA) is 58.2 Å². The molecule has 1 aromatic carbocycles. The van der Waals surface area contributed by atoms with Crippen molar-refractivity contribution in [1.29, 1.82) is 0 Å². The highest BCUT2D eigenvalue weighted by molar-refractivity contribution is 7.89. The van der Waals surface area contributed by atoms with Crippen LogP contribution in [-0.4, -0.2) is 28.1 Å². The molecule has 0 aromatic heterocycles. The Morgan fingerprint density at radius 2 is 1.90 bits per heavy atom. The molecule has 0 amide bonds. The second-order valence-electron chi connectivity index (χ2n) is 5.40. The van der Waals surface area contributed by atoms with Crippen molar-refractivity contribution in [2.24, 2.45) is 5.92 Å². The summed E-state index contributed by atoms with van der Waals surface area (Å²) < 4.78 is 27.0. The Hall–Kier alpha value is -0.910. The predicted molar refractivity (Wildman–Crippen MR) is 81.2 cm³/mol. The van der Waals surface area contributed by atoms with Crippen LogP contribution in [0, 0.1) is 5.92 Å². The third-order valence-corrected chi connectivity index (χ3v) is 5.30. The van der Waals surface area contributed by atoms with Gasteiger partial charge in [0.2, 0.25) is 10.0 Å². The molecular weight excluding hydrogens is 272 g/mol. The van der Waals surface area contributed by atoms with E-state index in [1.54, 1.807) is 12.1 Å². The van der Waals surface area contributed by atoms with Gasteiger partial charge in [0.25, 0.3) is 0 Å². The molecule has 0 aliphatic heterocycles. The molecule has 0 spiro atoms. The molecule has 5 heteroatoms. The molecule has 1 saturated carbocycles. The highest BCUT2D eigenvalue weighted by Gasteiger charge is 2.21. The van der Waals surface area contributed by atoms with Crippen LogP contribution in [0.1, 0.15) is 31.7 Å².